The van der Waals surface area contributed by atoms with E-state index in [1.54, 1.807) is 12.1 Å². The summed E-state index contributed by atoms with van der Waals surface area (Å²) in [5.74, 6) is -0.170. The smallest absolute Gasteiger partial charge is 0.125 e. The Balaban J connectivity index is 1.92. The van der Waals surface area contributed by atoms with Crippen molar-refractivity contribution in [3.8, 4) is 0 Å². The van der Waals surface area contributed by atoms with Gasteiger partial charge in [0.05, 0.1) is 0 Å². The summed E-state index contributed by atoms with van der Waals surface area (Å²) in [4.78, 5) is 0. The van der Waals surface area contributed by atoms with Crippen LogP contribution in [0.5, 0.6) is 0 Å². The van der Waals surface area contributed by atoms with Gasteiger partial charge in [-0.3, -0.25) is 0 Å². The van der Waals surface area contributed by atoms with Crippen molar-refractivity contribution in [1.29, 1.82) is 0 Å². The zero-order chi connectivity index (χ0) is 10.7. The first kappa shape index (κ1) is 10.4. The molecule has 1 heterocycles. The topological polar surface area (TPSA) is 24.1 Å². The zero-order valence-corrected chi connectivity index (χ0v) is 9.02. The second kappa shape index (κ2) is 4.62. The molecule has 2 N–H and O–H groups in total. The van der Waals surface area contributed by atoms with E-state index in [1.165, 1.54) is 12.8 Å². The molecule has 15 heavy (non-hydrogen) atoms. The van der Waals surface area contributed by atoms with Crippen LogP contribution >= 0.6 is 0 Å². The van der Waals surface area contributed by atoms with Gasteiger partial charge in [0.15, 0.2) is 0 Å². The van der Waals surface area contributed by atoms with E-state index in [4.69, 9.17) is 0 Å². The summed E-state index contributed by atoms with van der Waals surface area (Å²) in [6, 6.07) is 5.59. The summed E-state index contributed by atoms with van der Waals surface area (Å²) in [7, 11) is 0. The third kappa shape index (κ3) is 2.93. The van der Waals surface area contributed by atoms with Crippen LogP contribution in [0.2, 0.25) is 0 Å². The first-order chi connectivity index (χ1) is 7.24. The molecule has 0 spiro atoms. The number of rotatable bonds is 3. The van der Waals surface area contributed by atoms with E-state index >= 15 is 0 Å². The first-order valence-corrected chi connectivity index (χ1v) is 5.48. The van der Waals surface area contributed by atoms with E-state index in [2.05, 4.69) is 10.6 Å². The predicted molar refractivity (Wildman–Crippen MR) is 60.7 cm³/mol. The standard InChI is InChI=1S/C12H17FN2/c1-9-5-10(13)7-12(6-9)15-8-11-3-2-4-14-11/h5-7,11,14-15H,2-4,8H2,1H3. The van der Waals surface area contributed by atoms with Gasteiger partial charge in [-0.2, -0.15) is 0 Å². The largest absolute Gasteiger partial charge is 0.383 e. The number of benzene rings is 1. The number of aryl methyl sites for hydroxylation is 1. The Bertz CT molecular complexity index is 312. The van der Waals surface area contributed by atoms with Crippen molar-refractivity contribution in [3.63, 3.8) is 0 Å². The molecule has 3 heteroatoms. The molecule has 1 unspecified atom stereocenters. The van der Waals surface area contributed by atoms with Gasteiger partial charge >= 0.3 is 0 Å². The van der Waals surface area contributed by atoms with Crippen LogP contribution in [0.25, 0.3) is 0 Å². The Morgan fingerprint density at radius 1 is 1.47 bits per heavy atom. The second-order valence-electron chi connectivity index (χ2n) is 4.19. The molecule has 1 saturated heterocycles. The number of anilines is 1. The van der Waals surface area contributed by atoms with Gasteiger partial charge in [0.2, 0.25) is 0 Å². The quantitative estimate of drug-likeness (QED) is 0.796. The SMILES string of the molecule is Cc1cc(F)cc(NCC2CCCN2)c1. The Labute approximate surface area is 89.9 Å². The lowest BCUT2D eigenvalue weighted by atomic mass is 10.2. The van der Waals surface area contributed by atoms with Crippen LogP contribution in [0.3, 0.4) is 0 Å². The average Bonchev–Trinajstić information content (AvgIpc) is 2.65. The van der Waals surface area contributed by atoms with Crippen molar-refractivity contribution >= 4 is 5.69 Å². The molecule has 1 aliphatic heterocycles. The van der Waals surface area contributed by atoms with Crippen LogP contribution in [0.4, 0.5) is 10.1 Å². The minimum Gasteiger partial charge on any atom is -0.383 e. The van der Waals surface area contributed by atoms with Crippen molar-refractivity contribution in [2.45, 2.75) is 25.8 Å². The highest BCUT2D eigenvalue weighted by atomic mass is 19.1. The fourth-order valence-corrected chi connectivity index (χ4v) is 2.01. The Morgan fingerprint density at radius 3 is 3.00 bits per heavy atom. The third-order valence-corrected chi connectivity index (χ3v) is 2.76. The van der Waals surface area contributed by atoms with E-state index in [9.17, 15) is 4.39 Å². The predicted octanol–water partition coefficient (Wildman–Crippen LogP) is 2.30. The van der Waals surface area contributed by atoms with Crippen LogP contribution in [-0.2, 0) is 0 Å². The van der Waals surface area contributed by atoms with Gasteiger partial charge in [0, 0.05) is 18.3 Å². The van der Waals surface area contributed by atoms with Crippen LogP contribution in [0, 0.1) is 12.7 Å². The maximum atomic E-state index is 13.1. The fourth-order valence-electron chi connectivity index (χ4n) is 2.01. The summed E-state index contributed by atoms with van der Waals surface area (Å²) in [5.41, 5.74) is 1.83. The van der Waals surface area contributed by atoms with Gasteiger partial charge in [-0.25, -0.2) is 4.39 Å². The first-order valence-electron chi connectivity index (χ1n) is 5.48. The number of nitrogens with one attached hydrogen (secondary N) is 2. The summed E-state index contributed by atoms with van der Waals surface area (Å²) >= 11 is 0. The molecule has 0 radical (unpaired) electrons. The van der Waals surface area contributed by atoms with Gasteiger partial charge in [-0.05, 0) is 50.1 Å². The maximum Gasteiger partial charge on any atom is 0.125 e. The molecular formula is C12H17FN2. The van der Waals surface area contributed by atoms with E-state index in [0.29, 0.717) is 6.04 Å². The monoisotopic (exact) mass is 208 g/mol. The van der Waals surface area contributed by atoms with Crippen molar-refractivity contribution in [2.24, 2.45) is 0 Å². The van der Waals surface area contributed by atoms with Crippen molar-refractivity contribution in [3.05, 3.63) is 29.6 Å². The van der Waals surface area contributed by atoms with Crippen LogP contribution in [-0.4, -0.2) is 19.1 Å². The van der Waals surface area contributed by atoms with Crippen molar-refractivity contribution < 1.29 is 4.39 Å². The molecule has 1 aromatic rings. The minimum atomic E-state index is -0.170. The molecule has 0 amide bonds. The summed E-state index contributed by atoms with van der Waals surface area (Å²) in [6.45, 7) is 3.89. The second-order valence-corrected chi connectivity index (χ2v) is 4.19. The van der Waals surface area contributed by atoms with Gasteiger partial charge in [0.1, 0.15) is 5.82 Å². The van der Waals surface area contributed by atoms with E-state index in [1.807, 2.05) is 13.0 Å². The maximum absolute atomic E-state index is 13.1. The summed E-state index contributed by atoms with van der Waals surface area (Å²) in [6.07, 6.45) is 2.45. The highest BCUT2D eigenvalue weighted by molar-refractivity contribution is 5.46. The summed E-state index contributed by atoms with van der Waals surface area (Å²) < 4.78 is 13.1. The van der Waals surface area contributed by atoms with Gasteiger partial charge in [-0.15, -0.1) is 0 Å². The lowest BCUT2D eigenvalue weighted by molar-refractivity contribution is 0.622. The molecule has 1 aromatic carbocycles. The Hall–Kier alpha value is -1.09. The van der Waals surface area contributed by atoms with E-state index in [-0.39, 0.29) is 5.82 Å². The van der Waals surface area contributed by atoms with E-state index < -0.39 is 0 Å². The fraction of sp³-hybridized carbons (Fsp3) is 0.500. The molecule has 0 aliphatic carbocycles. The molecule has 1 fully saturated rings. The Kier molecular flexibility index (Phi) is 3.21. The molecule has 0 saturated carbocycles. The van der Waals surface area contributed by atoms with Crippen molar-refractivity contribution in [2.75, 3.05) is 18.4 Å². The molecule has 82 valence electrons. The van der Waals surface area contributed by atoms with Gasteiger partial charge < -0.3 is 10.6 Å². The molecular weight excluding hydrogens is 191 g/mol. The van der Waals surface area contributed by atoms with Gasteiger partial charge in [-0.1, -0.05) is 0 Å². The zero-order valence-electron chi connectivity index (χ0n) is 9.02. The highest BCUT2D eigenvalue weighted by Gasteiger charge is 2.13. The summed E-state index contributed by atoms with van der Waals surface area (Å²) in [5, 5.41) is 6.67. The highest BCUT2D eigenvalue weighted by Crippen LogP contribution is 2.14. The number of hydrogen-bond donors (Lipinski definition) is 2. The lowest BCUT2D eigenvalue weighted by Crippen LogP contribution is -2.29. The molecule has 0 bridgehead atoms. The molecule has 2 rings (SSSR count). The minimum absolute atomic E-state index is 0.170. The molecule has 1 atom stereocenters. The van der Waals surface area contributed by atoms with E-state index in [0.717, 1.165) is 24.3 Å². The number of hydrogen-bond acceptors (Lipinski definition) is 2. The normalized spacial score (nSPS) is 20.5. The van der Waals surface area contributed by atoms with Crippen molar-refractivity contribution in [1.82, 2.24) is 5.32 Å². The molecule has 1 aliphatic rings. The van der Waals surface area contributed by atoms with Gasteiger partial charge in [0.25, 0.3) is 0 Å². The average molecular weight is 208 g/mol. The third-order valence-electron chi connectivity index (χ3n) is 2.76. The van der Waals surface area contributed by atoms with Crippen LogP contribution in [0.15, 0.2) is 18.2 Å². The Morgan fingerprint density at radius 2 is 2.33 bits per heavy atom. The number of halogens is 1. The molecule has 2 nitrogen and oxygen atoms in total. The molecule has 0 aromatic heterocycles. The lowest BCUT2D eigenvalue weighted by Gasteiger charge is -2.13. The van der Waals surface area contributed by atoms with Crippen LogP contribution in [0.1, 0.15) is 18.4 Å². The van der Waals surface area contributed by atoms with Crippen LogP contribution < -0.4 is 10.6 Å².